The quantitative estimate of drug-likeness (QED) is 0.909. The summed E-state index contributed by atoms with van der Waals surface area (Å²) in [6, 6.07) is 0.713. The molecule has 0 radical (unpaired) electrons. The van der Waals surface area contributed by atoms with Gasteiger partial charge in [-0.15, -0.1) is 11.3 Å². The fourth-order valence-corrected chi connectivity index (χ4v) is 3.79. The first-order chi connectivity index (χ1) is 8.72. The summed E-state index contributed by atoms with van der Waals surface area (Å²) in [5, 5.41) is 7.31. The Kier molecular flexibility index (Phi) is 3.43. The summed E-state index contributed by atoms with van der Waals surface area (Å²) in [4.78, 5) is 4.76. The van der Waals surface area contributed by atoms with Crippen molar-refractivity contribution < 1.29 is 4.74 Å². The van der Waals surface area contributed by atoms with Gasteiger partial charge in [0.15, 0.2) is 0 Å². The molecule has 2 fully saturated rings. The van der Waals surface area contributed by atoms with E-state index in [1.165, 1.54) is 17.8 Å². The average Bonchev–Trinajstić information content (AvgIpc) is 3.07. The van der Waals surface area contributed by atoms with E-state index in [0.29, 0.717) is 12.1 Å². The summed E-state index contributed by atoms with van der Waals surface area (Å²) >= 11 is 1.81. The number of ether oxygens (including phenoxy) is 1. The van der Waals surface area contributed by atoms with Gasteiger partial charge in [0.25, 0.3) is 0 Å². The molecule has 2 aliphatic rings. The molecule has 0 aromatic carbocycles. The molecule has 0 bridgehead atoms. The molecule has 1 saturated carbocycles. The van der Waals surface area contributed by atoms with Gasteiger partial charge < -0.3 is 10.1 Å². The number of thiazole rings is 1. The SMILES string of the molecule is CCC1CC(NC2CC2)(c2nc(C)cs2)CCO1. The molecule has 18 heavy (non-hydrogen) atoms. The van der Waals surface area contributed by atoms with Crippen LogP contribution in [0.25, 0.3) is 0 Å². The van der Waals surface area contributed by atoms with Crippen molar-refractivity contribution in [2.45, 2.75) is 63.6 Å². The van der Waals surface area contributed by atoms with Crippen molar-refractivity contribution in [2.75, 3.05) is 6.61 Å². The van der Waals surface area contributed by atoms with Crippen LogP contribution in [0.15, 0.2) is 5.38 Å². The van der Waals surface area contributed by atoms with Crippen LogP contribution in [0, 0.1) is 6.92 Å². The van der Waals surface area contributed by atoms with Gasteiger partial charge in [-0.25, -0.2) is 4.98 Å². The van der Waals surface area contributed by atoms with Crippen LogP contribution >= 0.6 is 11.3 Å². The molecule has 1 aromatic heterocycles. The molecule has 1 aliphatic heterocycles. The monoisotopic (exact) mass is 266 g/mol. The van der Waals surface area contributed by atoms with Crippen LogP contribution in [0.1, 0.15) is 49.7 Å². The summed E-state index contributed by atoms with van der Waals surface area (Å²) in [6.07, 6.45) is 6.26. The predicted molar refractivity (Wildman–Crippen MR) is 74.0 cm³/mol. The lowest BCUT2D eigenvalue weighted by atomic mass is 9.86. The first-order valence-electron chi connectivity index (χ1n) is 7.04. The van der Waals surface area contributed by atoms with E-state index in [-0.39, 0.29) is 5.54 Å². The zero-order chi connectivity index (χ0) is 12.6. The third-order valence-corrected chi connectivity index (χ3v) is 5.16. The second kappa shape index (κ2) is 4.91. The Hall–Kier alpha value is -0.450. The van der Waals surface area contributed by atoms with E-state index in [9.17, 15) is 0 Å². The highest BCUT2D eigenvalue weighted by Crippen LogP contribution is 2.40. The van der Waals surface area contributed by atoms with E-state index < -0.39 is 0 Å². The van der Waals surface area contributed by atoms with Crippen LogP contribution in [-0.2, 0) is 10.3 Å². The highest BCUT2D eigenvalue weighted by Gasteiger charge is 2.43. The highest BCUT2D eigenvalue weighted by atomic mass is 32.1. The molecule has 3 nitrogen and oxygen atoms in total. The van der Waals surface area contributed by atoms with Gasteiger partial charge in [-0.3, -0.25) is 0 Å². The molecule has 1 aromatic rings. The Morgan fingerprint density at radius 3 is 3.00 bits per heavy atom. The third-order valence-electron chi connectivity index (χ3n) is 4.00. The molecular formula is C14H22N2OS. The van der Waals surface area contributed by atoms with Gasteiger partial charge in [0.2, 0.25) is 0 Å². The maximum absolute atomic E-state index is 5.85. The van der Waals surface area contributed by atoms with Crippen LogP contribution in [0.2, 0.25) is 0 Å². The van der Waals surface area contributed by atoms with E-state index in [1.807, 2.05) is 11.3 Å². The molecule has 100 valence electrons. The van der Waals surface area contributed by atoms with Crippen LogP contribution in [0.3, 0.4) is 0 Å². The molecule has 1 saturated heterocycles. The Labute approximate surface area is 113 Å². The highest BCUT2D eigenvalue weighted by molar-refractivity contribution is 7.09. The van der Waals surface area contributed by atoms with Crippen molar-refractivity contribution in [2.24, 2.45) is 0 Å². The van der Waals surface area contributed by atoms with Gasteiger partial charge in [-0.05, 0) is 39.0 Å². The topological polar surface area (TPSA) is 34.2 Å². The standard InChI is InChI=1S/C14H22N2OS/c1-3-12-8-14(6-7-17-12,16-11-4-5-11)13-15-10(2)9-18-13/h9,11-12,16H,3-8H2,1-2H3. The van der Waals surface area contributed by atoms with Crippen molar-refractivity contribution in [1.82, 2.24) is 10.3 Å². The number of aromatic nitrogens is 1. The summed E-state index contributed by atoms with van der Waals surface area (Å²) in [5.41, 5.74) is 1.23. The summed E-state index contributed by atoms with van der Waals surface area (Å²) in [7, 11) is 0. The summed E-state index contributed by atoms with van der Waals surface area (Å²) < 4.78 is 5.85. The number of nitrogens with zero attached hydrogens (tertiary/aromatic N) is 1. The van der Waals surface area contributed by atoms with E-state index >= 15 is 0 Å². The molecule has 0 amide bonds. The Bertz CT molecular complexity index is 416. The minimum Gasteiger partial charge on any atom is -0.378 e. The predicted octanol–water partition coefficient (Wildman–Crippen LogP) is 2.99. The van der Waals surface area contributed by atoms with E-state index in [0.717, 1.165) is 31.6 Å². The minimum absolute atomic E-state index is 0.0824. The molecule has 4 heteroatoms. The average molecular weight is 266 g/mol. The van der Waals surface area contributed by atoms with Gasteiger partial charge in [0.05, 0.1) is 11.6 Å². The normalized spacial score (nSPS) is 32.7. The molecule has 2 unspecified atom stereocenters. The molecule has 2 heterocycles. The van der Waals surface area contributed by atoms with Crippen LogP contribution in [0.5, 0.6) is 0 Å². The van der Waals surface area contributed by atoms with Crippen molar-refractivity contribution in [3.63, 3.8) is 0 Å². The molecule has 1 N–H and O–H groups in total. The maximum atomic E-state index is 5.85. The zero-order valence-electron chi connectivity index (χ0n) is 11.2. The fraction of sp³-hybridized carbons (Fsp3) is 0.786. The minimum atomic E-state index is 0.0824. The van der Waals surface area contributed by atoms with Gasteiger partial charge in [-0.2, -0.15) is 0 Å². The summed E-state index contributed by atoms with van der Waals surface area (Å²) in [6.45, 7) is 5.16. The zero-order valence-corrected chi connectivity index (χ0v) is 12.1. The van der Waals surface area contributed by atoms with Gasteiger partial charge in [0, 0.05) is 23.7 Å². The van der Waals surface area contributed by atoms with Crippen molar-refractivity contribution in [3.05, 3.63) is 16.1 Å². The summed E-state index contributed by atoms with van der Waals surface area (Å²) in [5.74, 6) is 0. The maximum Gasteiger partial charge on any atom is 0.113 e. The van der Waals surface area contributed by atoms with E-state index in [2.05, 4.69) is 24.5 Å². The van der Waals surface area contributed by atoms with Crippen molar-refractivity contribution >= 4 is 11.3 Å². The Morgan fingerprint density at radius 1 is 1.56 bits per heavy atom. The molecule has 1 aliphatic carbocycles. The first-order valence-corrected chi connectivity index (χ1v) is 7.92. The lowest BCUT2D eigenvalue weighted by molar-refractivity contribution is -0.0330. The van der Waals surface area contributed by atoms with Crippen LogP contribution < -0.4 is 5.32 Å². The Balaban J connectivity index is 1.86. The molecule has 0 spiro atoms. The first kappa shape index (κ1) is 12.6. The van der Waals surface area contributed by atoms with E-state index in [1.54, 1.807) is 0 Å². The van der Waals surface area contributed by atoms with Crippen LogP contribution in [0.4, 0.5) is 0 Å². The number of aryl methyl sites for hydroxylation is 1. The fourth-order valence-electron chi connectivity index (χ4n) is 2.79. The second-order valence-electron chi connectivity index (χ2n) is 5.65. The number of hydrogen-bond acceptors (Lipinski definition) is 4. The number of rotatable bonds is 4. The van der Waals surface area contributed by atoms with Gasteiger partial charge in [0.1, 0.15) is 5.01 Å². The van der Waals surface area contributed by atoms with Crippen LogP contribution in [-0.4, -0.2) is 23.7 Å². The molecule has 3 rings (SSSR count). The lowest BCUT2D eigenvalue weighted by Gasteiger charge is -2.40. The lowest BCUT2D eigenvalue weighted by Crippen LogP contribution is -2.50. The number of hydrogen-bond donors (Lipinski definition) is 1. The van der Waals surface area contributed by atoms with Crippen molar-refractivity contribution in [1.29, 1.82) is 0 Å². The smallest absolute Gasteiger partial charge is 0.113 e. The van der Waals surface area contributed by atoms with Gasteiger partial charge >= 0.3 is 0 Å². The molecule has 2 atom stereocenters. The second-order valence-corrected chi connectivity index (χ2v) is 6.51. The molecular weight excluding hydrogens is 244 g/mol. The largest absolute Gasteiger partial charge is 0.378 e. The van der Waals surface area contributed by atoms with Crippen molar-refractivity contribution in [3.8, 4) is 0 Å². The number of nitrogens with one attached hydrogen (secondary N) is 1. The van der Waals surface area contributed by atoms with Gasteiger partial charge in [-0.1, -0.05) is 6.92 Å². The van der Waals surface area contributed by atoms with E-state index in [4.69, 9.17) is 9.72 Å². The third kappa shape index (κ3) is 2.46. The Morgan fingerprint density at radius 2 is 2.39 bits per heavy atom.